The van der Waals surface area contributed by atoms with Crippen molar-refractivity contribution in [3.05, 3.63) is 100 Å². The van der Waals surface area contributed by atoms with Gasteiger partial charge in [0.1, 0.15) is 23.7 Å². The fraction of sp³-hybridized carbons (Fsp3) is 0.310. The van der Waals surface area contributed by atoms with Gasteiger partial charge in [-0.1, -0.05) is 60.2 Å². The molecule has 0 radical (unpaired) electrons. The minimum Gasteiger partial charge on any atom is -0.487 e. The fourth-order valence-electron chi connectivity index (χ4n) is 4.70. The minimum atomic E-state index is -1.03. The Morgan fingerprint density at radius 1 is 1.06 bits per heavy atom. The van der Waals surface area contributed by atoms with Crippen LogP contribution in [0, 0.1) is 12.7 Å². The first-order valence-corrected chi connectivity index (χ1v) is 11.8. The van der Waals surface area contributed by atoms with E-state index >= 15 is 0 Å². The molecule has 0 aliphatic carbocycles. The van der Waals surface area contributed by atoms with E-state index in [0.29, 0.717) is 31.4 Å². The number of aliphatic carboxylic acids is 1. The fourth-order valence-corrected chi connectivity index (χ4v) is 4.70. The number of rotatable bonds is 9. The summed E-state index contributed by atoms with van der Waals surface area (Å²) in [5.41, 5.74) is 4.00. The molecular formula is C29H30FNO4. The van der Waals surface area contributed by atoms with Crippen LogP contribution in [0.25, 0.3) is 0 Å². The Labute approximate surface area is 205 Å². The summed E-state index contributed by atoms with van der Waals surface area (Å²) < 4.78 is 20.3. The van der Waals surface area contributed by atoms with E-state index in [0.717, 1.165) is 28.0 Å². The monoisotopic (exact) mass is 475 g/mol. The second-order valence-corrected chi connectivity index (χ2v) is 9.56. The Kier molecular flexibility index (Phi) is 7.20. The third-order valence-electron chi connectivity index (χ3n) is 6.35. The molecule has 0 saturated heterocycles. The SMILES string of the molecule is Cc1cccc(CCN(CC(=O)O)C(=O)Cc2ccc3c(c2)C[C@](C)(Cc2ccccc2F)O3)c1. The van der Waals surface area contributed by atoms with Crippen LogP contribution in [0.2, 0.25) is 0 Å². The smallest absolute Gasteiger partial charge is 0.323 e. The number of hydrogen-bond donors (Lipinski definition) is 1. The van der Waals surface area contributed by atoms with Crippen molar-refractivity contribution in [2.45, 2.75) is 45.1 Å². The van der Waals surface area contributed by atoms with Crippen LogP contribution in [0.1, 0.15) is 34.7 Å². The molecule has 1 aliphatic heterocycles. The topological polar surface area (TPSA) is 66.8 Å². The number of halogens is 1. The molecule has 182 valence electrons. The number of hydrogen-bond acceptors (Lipinski definition) is 3. The molecule has 0 fully saturated rings. The van der Waals surface area contributed by atoms with Crippen LogP contribution in [-0.2, 0) is 35.3 Å². The van der Waals surface area contributed by atoms with E-state index in [1.54, 1.807) is 12.1 Å². The summed E-state index contributed by atoms with van der Waals surface area (Å²) in [5, 5.41) is 9.33. The minimum absolute atomic E-state index is 0.110. The molecular weight excluding hydrogens is 445 g/mol. The number of aryl methyl sites for hydroxylation is 1. The van der Waals surface area contributed by atoms with Gasteiger partial charge in [-0.3, -0.25) is 9.59 Å². The predicted octanol–water partition coefficient (Wildman–Crippen LogP) is 4.77. The van der Waals surface area contributed by atoms with Gasteiger partial charge in [-0.2, -0.15) is 0 Å². The number of ether oxygens (including phenoxy) is 1. The zero-order valence-electron chi connectivity index (χ0n) is 20.1. The van der Waals surface area contributed by atoms with E-state index in [1.165, 1.54) is 11.0 Å². The van der Waals surface area contributed by atoms with E-state index in [1.807, 2.05) is 62.4 Å². The predicted molar refractivity (Wildman–Crippen MR) is 132 cm³/mol. The average molecular weight is 476 g/mol. The normalized spacial score (nSPS) is 16.4. The zero-order chi connectivity index (χ0) is 25.0. The van der Waals surface area contributed by atoms with Gasteiger partial charge in [0.15, 0.2) is 0 Å². The summed E-state index contributed by atoms with van der Waals surface area (Å²) >= 11 is 0. The highest BCUT2D eigenvalue weighted by atomic mass is 19.1. The van der Waals surface area contributed by atoms with Crippen LogP contribution in [0.3, 0.4) is 0 Å². The van der Waals surface area contributed by atoms with Gasteiger partial charge in [-0.15, -0.1) is 0 Å². The number of fused-ring (bicyclic) bond motifs is 1. The van der Waals surface area contributed by atoms with Gasteiger partial charge in [-0.05, 0) is 54.7 Å². The maximum absolute atomic E-state index is 14.2. The van der Waals surface area contributed by atoms with Crippen LogP contribution in [0.15, 0.2) is 66.7 Å². The molecule has 1 atom stereocenters. The van der Waals surface area contributed by atoms with Crippen molar-refractivity contribution >= 4 is 11.9 Å². The first kappa shape index (κ1) is 24.5. The lowest BCUT2D eigenvalue weighted by atomic mass is 9.91. The molecule has 0 bridgehead atoms. The average Bonchev–Trinajstić information content (AvgIpc) is 3.13. The van der Waals surface area contributed by atoms with Gasteiger partial charge in [0.25, 0.3) is 0 Å². The Morgan fingerprint density at radius 3 is 2.60 bits per heavy atom. The maximum Gasteiger partial charge on any atom is 0.323 e. The van der Waals surface area contributed by atoms with Crippen molar-refractivity contribution in [3.63, 3.8) is 0 Å². The van der Waals surface area contributed by atoms with Crippen LogP contribution < -0.4 is 4.74 Å². The molecule has 1 amide bonds. The number of carbonyl (C=O) groups excluding carboxylic acids is 1. The summed E-state index contributed by atoms with van der Waals surface area (Å²) in [5.74, 6) is -0.771. The van der Waals surface area contributed by atoms with Crippen molar-refractivity contribution < 1.29 is 23.8 Å². The number of carboxylic acid groups (broad SMARTS) is 1. The third-order valence-corrected chi connectivity index (χ3v) is 6.35. The van der Waals surface area contributed by atoms with Crippen LogP contribution >= 0.6 is 0 Å². The Hall–Kier alpha value is -3.67. The second kappa shape index (κ2) is 10.3. The van der Waals surface area contributed by atoms with Crippen LogP contribution in [-0.4, -0.2) is 40.6 Å². The second-order valence-electron chi connectivity index (χ2n) is 9.56. The van der Waals surface area contributed by atoms with Crippen molar-refractivity contribution in [2.24, 2.45) is 0 Å². The van der Waals surface area contributed by atoms with Crippen molar-refractivity contribution in [1.29, 1.82) is 0 Å². The molecule has 35 heavy (non-hydrogen) atoms. The highest BCUT2D eigenvalue weighted by Crippen LogP contribution is 2.38. The molecule has 3 aromatic rings. The summed E-state index contributed by atoms with van der Waals surface area (Å²) in [6.07, 6.45) is 1.74. The van der Waals surface area contributed by atoms with E-state index in [2.05, 4.69) is 0 Å². The molecule has 5 nitrogen and oxygen atoms in total. The molecule has 1 N–H and O–H groups in total. The Bertz CT molecular complexity index is 1240. The highest BCUT2D eigenvalue weighted by molar-refractivity contribution is 5.83. The van der Waals surface area contributed by atoms with Gasteiger partial charge in [0.2, 0.25) is 5.91 Å². The van der Waals surface area contributed by atoms with Gasteiger partial charge < -0.3 is 14.7 Å². The van der Waals surface area contributed by atoms with E-state index in [4.69, 9.17) is 4.74 Å². The zero-order valence-corrected chi connectivity index (χ0v) is 20.1. The van der Waals surface area contributed by atoms with Crippen molar-refractivity contribution in [2.75, 3.05) is 13.1 Å². The number of amides is 1. The molecule has 0 saturated carbocycles. The molecule has 0 unspecified atom stereocenters. The Balaban J connectivity index is 1.42. The molecule has 1 aliphatic rings. The van der Waals surface area contributed by atoms with Crippen molar-refractivity contribution in [3.8, 4) is 5.75 Å². The van der Waals surface area contributed by atoms with Crippen LogP contribution in [0.4, 0.5) is 4.39 Å². The summed E-state index contributed by atoms with van der Waals surface area (Å²) in [4.78, 5) is 25.8. The maximum atomic E-state index is 14.2. The van der Waals surface area contributed by atoms with Gasteiger partial charge in [0, 0.05) is 19.4 Å². The van der Waals surface area contributed by atoms with E-state index in [9.17, 15) is 19.1 Å². The quantitative estimate of drug-likeness (QED) is 0.484. The van der Waals surface area contributed by atoms with Gasteiger partial charge in [0.05, 0.1) is 6.42 Å². The number of benzene rings is 3. The number of carbonyl (C=O) groups is 2. The largest absolute Gasteiger partial charge is 0.487 e. The molecule has 6 heteroatoms. The summed E-state index contributed by atoms with van der Waals surface area (Å²) in [6, 6.07) is 20.3. The first-order chi connectivity index (χ1) is 16.7. The van der Waals surface area contributed by atoms with E-state index < -0.39 is 11.6 Å². The molecule has 1 heterocycles. The third kappa shape index (κ3) is 6.27. The summed E-state index contributed by atoms with van der Waals surface area (Å²) in [6.45, 7) is 3.97. The van der Waals surface area contributed by atoms with Crippen molar-refractivity contribution in [1.82, 2.24) is 4.90 Å². The molecule has 3 aromatic carbocycles. The van der Waals surface area contributed by atoms with Gasteiger partial charge in [-0.25, -0.2) is 4.39 Å². The first-order valence-electron chi connectivity index (χ1n) is 11.8. The molecule has 4 rings (SSSR count). The van der Waals surface area contributed by atoms with E-state index in [-0.39, 0.29) is 24.7 Å². The lowest BCUT2D eigenvalue weighted by Gasteiger charge is -2.24. The Morgan fingerprint density at radius 2 is 1.86 bits per heavy atom. The molecule has 0 aromatic heterocycles. The van der Waals surface area contributed by atoms with Crippen LogP contribution in [0.5, 0.6) is 5.75 Å². The van der Waals surface area contributed by atoms with Gasteiger partial charge >= 0.3 is 5.97 Å². The highest BCUT2D eigenvalue weighted by Gasteiger charge is 2.35. The number of nitrogens with zero attached hydrogens (tertiary/aromatic N) is 1. The standard InChI is InChI=1S/C29H30FNO4/c1-20-6-5-7-21(14-20)12-13-31(19-28(33)34)27(32)16-22-10-11-26-24(15-22)18-29(2,35-26)17-23-8-3-4-9-25(23)30/h3-11,14-15H,12-13,16-19H2,1-2H3,(H,33,34)/t29-/m0/s1. The molecule has 0 spiro atoms. The lowest BCUT2D eigenvalue weighted by molar-refractivity contribution is -0.144. The lowest BCUT2D eigenvalue weighted by Crippen LogP contribution is -2.38. The number of carboxylic acids is 1. The summed E-state index contributed by atoms with van der Waals surface area (Å²) in [7, 11) is 0.